The number of morpholine rings is 1. The fraction of sp³-hybridized carbons (Fsp3) is 0.429. The Bertz CT molecular complexity index is 733. The van der Waals surface area contributed by atoms with Crippen molar-refractivity contribution in [3.8, 4) is 0 Å². The van der Waals surface area contributed by atoms with Crippen LogP contribution in [0, 0.1) is 5.92 Å². The lowest BCUT2D eigenvalue weighted by molar-refractivity contribution is 0.00672. The molecule has 144 valence electrons. The topological polar surface area (TPSA) is 54.5 Å². The van der Waals surface area contributed by atoms with Gasteiger partial charge in [0.25, 0.3) is 5.91 Å². The molecule has 27 heavy (non-hydrogen) atoms. The van der Waals surface area contributed by atoms with Crippen LogP contribution in [0.2, 0.25) is 0 Å². The van der Waals surface area contributed by atoms with Crippen molar-refractivity contribution < 1.29 is 9.53 Å². The molecule has 1 aromatic carbocycles. The lowest BCUT2D eigenvalue weighted by Crippen LogP contribution is -2.51. The van der Waals surface area contributed by atoms with Gasteiger partial charge in [0.2, 0.25) is 0 Å². The maximum atomic E-state index is 12.9. The molecule has 0 bridgehead atoms. The van der Waals surface area contributed by atoms with E-state index in [1.807, 2.05) is 42.5 Å². The van der Waals surface area contributed by atoms with E-state index in [1.54, 1.807) is 6.20 Å². The van der Waals surface area contributed by atoms with Gasteiger partial charge in [-0.25, -0.2) is 4.98 Å². The van der Waals surface area contributed by atoms with Gasteiger partial charge in [-0.2, -0.15) is 0 Å². The third kappa shape index (κ3) is 5.54. The third-order valence-corrected chi connectivity index (χ3v) is 5.76. The zero-order valence-electron chi connectivity index (χ0n) is 15.9. The number of pyridine rings is 1. The molecule has 1 aliphatic rings. The number of nitrogens with one attached hydrogen (secondary N) is 1. The van der Waals surface area contributed by atoms with Gasteiger partial charge in [0.15, 0.2) is 0 Å². The highest BCUT2D eigenvalue weighted by molar-refractivity contribution is 7.99. The first-order valence-corrected chi connectivity index (χ1v) is 10.2. The minimum atomic E-state index is -0.0690. The molecular formula is C21H27N3O2S. The summed E-state index contributed by atoms with van der Waals surface area (Å²) in [5.41, 5.74) is 0.621. The Morgan fingerprint density at radius 2 is 1.93 bits per heavy atom. The fourth-order valence-electron chi connectivity index (χ4n) is 3.23. The van der Waals surface area contributed by atoms with Crippen molar-refractivity contribution in [2.75, 3.05) is 32.8 Å². The molecule has 1 amide bonds. The molecule has 1 N–H and O–H groups in total. The third-order valence-electron chi connectivity index (χ3n) is 4.73. The van der Waals surface area contributed by atoms with Gasteiger partial charge in [-0.1, -0.05) is 43.8 Å². The van der Waals surface area contributed by atoms with Crippen molar-refractivity contribution in [2.24, 2.45) is 5.92 Å². The summed E-state index contributed by atoms with van der Waals surface area (Å²) >= 11 is 1.51. The number of aromatic nitrogens is 1. The monoisotopic (exact) mass is 385 g/mol. The van der Waals surface area contributed by atoms with Crippen LogP contribution in [-0.4, -0.2) is 54.7 Å². The second kappa shape index (κ2) is 9.88. The van der Waals surface area contributed by atoms with E-state index in [-0.39, 0.29) is 5.91 Å². The molecule has 1 aromatic heterocycles. The molecule has 1 fully saturated rings. The van der Waals surface area contributed by atoms with Crippen LogP contribution in [0.1, 0.15) is 24.2 Å². The van der Waals surface area contributed by atoms with E-state index in [1.165, 1.54) is 11.8 Å². The van der Waals surface area contributed by atoms with Crippen LogP contribution in [0.4, 0.5) is 0 Å². The Kier molecular flexibility index (Phi) is 7.26. The molecule has 0 radical (unpaired) electrons. The van der Waals surface area contributed by atoms with E-state index in [0.717, 1.165) is 36.2 Å². The van der Waals surface area contributed by atoms with Crippen LogP contribution in [0.3, 0.4) is 0 Å². The number of hydrogen-bond acceptors (Lipinski definition) is 5. The van der Waals surface area contributed by atoms with E-state index >= 15 is 0 Å². The zero-order valence-corrected chi connectivity index (χ0v) is 16.7. The van der Waals surface area contributed by atoms with Crippen LogP contribution >= 0.6 is 11.8 Å². The van der Waals surface area contributed by atoms with E-state index < -0.39 is 0 Å². The van der Waals surface area contributed by atoms with Crippen molar-refractivity contribution >= 4 is 17.7 Å². The van der Waals surface area contributed by atoms with Crippen LogP contribution < -0.4 is 5.32 Å². The Balaban J connectivity index is 1.66. The highest BCUT2D eigenvalue weighted by atomic mass is 32.2. The van der Waals surface area contributed by atoms with Crippen molar-refractivity contribution in [1.82, 2.24) is 15.2 Å². The Morgan fingerprint density at radius 3 is 2.63 bits per heavy atom. The smallest absolute Gasteiger partial charge is 0.254 e. The van der Waals surface area contributed by atoms with Gasteiger partial charge in [0.1, 0.15) is 5.03 Å². The summed E-state index contributed by atoms with van der Waals surface area (Å²) in [6, 6.07) is 14.0. The highest BCUT2D eigenvalue weighted by Crippen LogP contribution is 2.28. The Labute approximate surface area is 165 Å². The predicted molar refractivity (Wildman–Crippen MR) is 108 cm³/mol. The second-order valence-electron chi connectivity index (χ2n) is 6.94. The molecular weight excluding hydrogens is 358 g/mol. The first-order valence-electron chi connectivity index (χ1n) is 9.43. The number of nitrogens with zero attached hydrogens (tertiary/aromatic N) is 2. The number of benzene rings is 1. The normalized spacial score (nSPS) is 16.3. The van der Waals surface area contributed by atoms with Crippen LogP contribution in [-0.2, 0) is 4.74 Å². The summed E-state index contributed by atoms with van der Waals surface area (Å²) in [6.07, 6.45) is 1.73. The molecule has 2 aromatic rings. The van der Waals surface area contributed by atoms with Gasteiger partial charge >= 0.3 is 0 Å². The number of amides is 1. The standard InChI is InChI=1S/C21H27N3O2S/c1-16(2)19(24-11-13-26-14-12-24)15-23-20(25)18-9-6-10-22-21(18)27-17-7-4-3-5-8-17/h3-10,16,19H,11-15H2,1-2H3,(H,23,25). The quantitative estimate of drug-likeness (QED) is 0.792. The molecule has 0 aliphatic carbocycles. The number of ether oxygens (including phenoxy) is 1. The van der Waals surface area contributed by atoms with E-state index in [0.29, 0.717) is 24.1 Å². The summed E-state index contributed by atoms with van der Waals surface area (Å²) in [5, 5.41) is 3.86. The van der Waals surface area contributed by atoms with Crippen molar-refractivity contribution in [3.63, 3.8) is 0 Å². The Hall–Kier alpha value is -1.89. The summed E-state index contributed by atoms with van der Waals surface area (Å²) in [7, 11) is 0. The zero-order chi connectivity index (χ0) is 19.1. The minimum Gasteiger partial charge on any atom is -0.379 e. The van der Waals surface area contributed by atoms with Crippen molar-refractivity contribution in [3.05, 3.63) is 54.2 Å². The van der Waals surface area contributed by atoms with Crippen LogP contribution in [0.25, 0.3) is 0 Å². The molecule has 1 saturated heterocycles. The summed E-state index contributed by atoms with van der Waals surface area (Å²) in [6.45, 7) is 8.39. The molecule has 5 nitrogen and oxygen atoms in total. The maximum Gasteiger partial charge on any atom is 0.254 e. The maximum absolute atomic E-state index is 12.9. The minimum absolute atomic E-state index is 0.0690. The highest BCUT2D eigenvalue weighted by Gasteiger charge is 2.25. The van der Waals surface area contributed by atoms with Crippen molar-refractivity contribution in [1.29, 1.82) is 0 Å². The molecule has 6 heteroatoms. The van der Waals surface area contributed by atoms with Gasteiger partial charge in [-0.3, -0.25) is 9.69 Å². The molecule has 2 heterocycles. The van der Waals surface area contributed by atoms with Gasteiger partial charge in [0, 0.05) is 36.8 Å². The van der Waals surface area contributed by atoms with E-state index in [9.17, 15) is 4.79 Å². The number of carbonyl (C=O) groups is 1. The second-order valence-corrected chi connectivity index (χ2v) is 8.00. The number of rotatable bonds is 7. The molecule has 1 unspecified atom stereocenters. The fourth-order valence-corrected chi connectivity index (χ4v) is 4.13. The molecule has 1 atom stereocenters. The van der Waals surface area contributed by atoms with Gasteiger partial charge in [-0.15, -0.1) is 0 Å². The van der Waals surface area contributed by atoms with E-state index in [2.05, 4.69) is 29.0 Å². The van der Waals surface area contributed by atoms with Gasteiger partial charge in [0.05, 0.1) is 18.8 Å². The molecule has 0 spiro atoms. The van der Waals surface area contributed by atoms with Crippen molar-refractivity contribution in [2.45, 2.75) is 29.8 Å². The summed E-state index contributed by atoms with van der Waals surface area (Å²) in [5.74, 6) is 0.385. The van der Waals surface area contributed by atoms with Gasteiger partial charge < -0.3 is 10.1 Å². The molecule has 0 saturated carbocycles. The van der Waals surface area contributed by atoms with Crippen LogP contribution in [0.5, 0.6) is 0 Å². The van der Waals surface area contributed by atoms with Crippen LogP contribution in [0.15, 0.2) is 58.6 Å². The largest absolute Gasteiger partial charge is 0.379 e. The first kappa shape index (κ1) is 19.9. The lowest BCUT2D eigenvalue weighted by Gasteiger charge is -2.36. The predicted octanol–water partition coefficient (Wildman–Crippen LogP) is 3.32. The average Bonchev–Trinajstić information content (AvgIpc) is 2.70. The number of carbonyl (C=O) groups excluding carboxylic acids is 1. The summed E-state index contributed by atoms with van der Waals surface area (Å²) < 4.78 is 5.46. The SMILES string of the molecule is CC(C)C(CNC(=O)c1cccnc1Sc1ccccc1)N1CCOCC1. The Morgan fingerprint density at radius 1 is 1.19 bits per heavy atom. The van der Waals surface area contributed by atoms with Gasteiger partial charge in [-0.05, 0) is 30.2 Å². The first-order chi connectivity index (χ1) is 13.1. The van der Waals surface area contributed by atoms with E-state index in [4.69, 9.17) is 4.74 Å². The molecule has 1 aliphatic heterocycles. The lowest BCUT2D eigenvalue weighted by atomic mass is 10.0. The number of hydrogen-bond donors (Lipinski definition) is 1. The average molecular weight is 386 g/mol. The molecule has 3 rings (SSSR count). The summed E-state index contributed by atoms with van der Waals surface area (Å²) in [4.78, 5) is 20.8.